The Morgan fingerprint density at radius 2 is 1.43 bits per heavy atom. The first-order valence-corrected chi connectivity index (χ1v) is 6.83. The molecule has 0 saturated heterocycles. The molecule has 110 valence electrons. The van der Waals surface area contributed by atoms with Crippen LogP contribution in [0.25, 0.3) is 0 Å². The van der Waals surface area contributed by atoms with E-state index in [-0.39, 0.29) is 5.84 Å². The lowest BCUT2D eigenvalue weighted by molar-refractivity contribution is 0.217. The van der Waals surface area contributed by atoms with E-state index in [1.165, 1.54) is 11.1 Å². The average molecular weight is 284 g/mol. The van der Waals surface area contributed by atoms with Crippen LogP contribution in [0.1, 0.15) is 16.7 Å². The predicted molar refractivity (Wildman–Crippen MR) is 84.4 cm³/mol. The summed E-state index contributed by atoms with van der Waals surface area (Å²) in [7, 11) is 0. The highest BCUT2D eigenvalue weighted by atomic mass is 16.5. The summed E-state index contributed by atoms with van der Waals surface area (Å²) in [5.74, 6) is 1.66. The second-order valence-electron chi connectivity index (χ2n) is 4.96. The summed E-state index contributed by atoms with van der Waals surface area (Å²) in [6, 6.07) is 13.3. The molecule has 0 spiro atoms. The molecule has 0 heterocycles. The average Bonchev–Trinajstić information content (AvgIpc) is 2.43. The third kappa shape index (κ3) is 4.53. The smallest absolute Gasteiger partial charge is 0.122 e. The Kier molecular flexibility index (Phi) is 4.82. The fourth-order valence-corrected chi connectivity index (χ4v) is 2.07. The minimum atomic E-state index is 0.0553. The fraction of sp³-hybridized carbons (Fsp3) is 0.235. The zero-order valence-electron chi connectivity index (χ0n) is 12.3. The predicted octanol–water partition coefficient (Wildman–Crippen LogP) is 3.05. The van der Waals surface area contributed by atoms with Crippen LogP contribution in [0, 0.1) is 19.3 Å². The molecule has 3 N–H and O–H groups in total. The van der Waals surface area contributed by atoms with Crippen molar-refractivity contribution in [3.05, 3.63) is 59.2 Å². The Balaban J connectivity index is 1.80. The highest BCUT2D eigenvalue weighted by molar-refractivity contribution is 5.94. The number of nitrogens with two attached hydrogens (primary N) is 1. The van der Waals surface area contributed by atoms with Gasteiger partial charge < -0.3 is 15.2 Å². The van der Waals surface area contributed by atoms with Gasteiger partial charge in [-0.3, -0.25) is 5.41 Å². The quantitative estimate of drug-likeness (QED) is 0.486. The van der Waals surface area contributed by atoms with E-state index in [1.807, 2.05) is 26.0 Å². The second-order valence-corrected chi connectivity index (χ2v) is 4.96. The summed E-state index contributed by atoms with van der Waals surface area (Å²) in [5, 5.41) is 7.32. The standard InChI is InChI=1S/C17H20N2O2/c1-12-9-13(2)11-16(10-12)21-8-7-20-15-5-3-14(4-6-15)17(18)19/h3-6,9-11H,7-8H2,1-2H3,(H3,18,19). The maximum absolute atomic E-state index is 7.32. The van der Waals surface area contributed by atoms with Crippen LogP contribution in [0.5, 0.6) is 11.5 Å². The number of aryl methyl sites for hydroxylation is 2. The lowest BCUT2D eigenvalue weighted by atomic mass is 10.1. The molecule has 0 bridgehead atoms. The molecule has 0 amide bonds. The van der Waals surface area contributed by atoms with Crippen molar-refractivity contribution in [2.45, 2.75) is 13.8 Å². The topological polar surface area (TPSA) is 68.3 Å². The molecule has 0 atom stereocenters. The second kappa shape index (κ2) is 6.79. The number of nitrogen functional groups attached to an aromatic ring is 1. The van der Waals surface area contributed by atoms with Crippen molar-refractivity contribution in [3.8, 4) is 11.5 Å². The number of nitrogens with one attached hydrogen (secondary N) is 1. The summed E-state index contributed by atoms with van der Waals surface area (Å²) >= 11 is 0. The van der Waals surface area contributed by atoms with Crippen molar-refractivity contribution in [2.75, 3.05) is 13.2 Å². The van der Waals surface area contributed by atoms with E-state index in [4.69, 9.17) is 20.6 Å². The van der Waals surface area contributed by atoms with Gasteiger partial charge in [-0.25, -0.2) is 0 Å². The molecule has 2 rings (SSSR count). The van der Waals surface area contributed by atoms with E-state index in [9.17, 15) is 0 Å². The highest BCUT2D eigenvalue weighted by Crippen LogP contribution is 2.16. The Morgan fingerprint density at radius 1 is 0.905 bits per heavy atom. The Morgan fingerprint density at radius 3 is 1.95 bits per heavy atom. The third-order valence-corrected chi connectivity index (χ3v) is 2.98. The van der Waals surface area contributed by atoms with Gasteiger partial charge in [0.1, 0.15) is 30.5 Å². The molecule has 0 aliphatic carbocycles. The molecule has 0 unspecified atom stereocenters. The van der Waals surface area contributed by atoms with E-state index in [2.05, 4.69) is 6.07 Å². The van der Waals surface area contributed by atoms with Crippen molar-refractivity contribution in [1.82, 2.24) is 0 Å². The maximum Gasteiger partial charge on any atom is 0.122 e. The van der Waals surface area contributed by atoms with Crippen molar-refractivity contribution in [1.29, 1.82) is 5.41 Å². The van der Waals surface area contributed by atoms with Crippen molar-refractivity contribution >= 4 is 5.84 Å². The first-order valence-electron chi connectivity index (χ1n) is 6.83. The van der Waals surface area contributed by atoms with Gasteiger partial charge in [0.25, 0.3) is 0 Å². The minimum Gasteiger partial charge on any atom is -0.490 e. The molecular weight excluding hydrogens is 264 g/mol. The van der Waals surface area contributed by atoms with Gasteiger partial charge in [0.05, 0.1) is 0 Å². The number of hydrogen-bond donors (Lipinski definition) is 2. The van der Waals surface area contributed by atoms with Gasteiger partial charge in [0.2, 0.25) is 0 Å². The van der Waals surface area contributed by atoms with E-state index in [0.717, 1.165) is 11.5 Å². The van der Waals surface area contributed by atoms with Crippen LogP contribution in [0.2, 0.25) is 0 Å². The van der Waals surface area contributed by atoms with Crippen molar-refractivity contribution in [3.63, 3.8) is 0 Å². The van der Waals surface area contributed by atoms with E-state index in [1.54, 1.807) is 24.3 Å². The van der Waals surface area contributed by atoms with Crippen LogP contribution < -0.4 is 15.2 Å². The van der Waals surface area contributed by atoms with Gasteiger partial charge in [0, 0.05) is 5.56 Å². The van der Waals surface area contributed by atoms with Gasteiger partial charge in [-0.1, -0.05) is 6.07 Å². The van der Waals surface area contributed by atoms with Crippen molar-refractivity contribution < 1.29 is 9.47 Å². The molecule has 2 aromatic carbocycles. The number of amidine groups is 1. The first kappa shape index (κ1) is 14.9. The maximum atomic E-state index is 7.32. The SMILES string of the molecule is Cc1cc(C)cc(OCCOc2ccc(C(=N)N)cc2)c1. The summed E-state index contributed by atoms with van der Waals surface area (Å²) < 4.78 is 11.3. The molecule has 0 aliphatic rings. The van der Waals surface area contributed by atoms with Crippen LogP contribution in [-0.2, 0) is 0 Å². The normalized spacial score (nSPS) is 10.2. The van der Waals surface area contributed by atoms with Crippen LogP contribution in [0.4, 0.5) is 0 Å². The van der Waals surface area contributed by atoms with Crippen molar-refractivity contribution in [2.24, 2.45) is 5.73 Å². The van der Waals surface area contributed by atoms with Gasteiger partial charge in [-0.05, 0) is 61.4 Å². The van der Waals surface area contributed by atoms with Crippen LogP contribution in [0.15, 0.2) is 42.5 Å². The summed E-state index contributed by atoms with van der Waals surface area (Å²) in [4.78, 5) is 0. The Bertz CT molecular complexity index is 601. The summed E-state index contributed by atoms with van der Waals surface area (Å²) in [6.45, 7) is 5.05. The Labute approximate surface area is 125 Å². The molecule has 21 heavy (non-hydrogen) atoms. The van der Waals surface area contributed by atoms with Gasteiger partial charge >= 0.3 is 0 Å². The molecule has 2 aromatic rings. The molecule has 0 aliphatic heterocycles. The van der Waals surface area contributed by atoms with E-state index in [0.29, 0.717) is 18.8 Å². The number of benzene rings is 2. The van der Waals surface area contributed by atoms with Crippen LogP contribution in [0.3, 0.4) is 0 Å². The molecular formula is C17H20N2O2. The number of ether oxygens (including phenoxy) is 2. The fourth-order valence-electron chi connectivity index (χ4n) is 2.07. The molecule has 0 fully saturated rings. The number of rotatable bonds is 6. The third-order valence-electron chi connectivity index (χ3n) is 2.98. The highest BCUT2D eigenvalue weighted by Gasteiger charge is 1.99. The Hall–Kier alpha value is -2.49. The lowest BCUT2D eigenvalue weighted by Gasteiger charge is -2.10. The van der Waals surface area contributed by atoms with E-state index >= 15 is 0 Å². The molecule has 4 heteroatoms. The monoisotopic (exact) mass is 284 g/mol. The molecule has 0 saturated carbocycles. The van der Waals surface area contributed by atoms with Crippen LogP contribution in [-0.4, -0.2) is 19.0 Å². The first-order chi connectivity index (χ1) is 10.0. The van der Waals surface area contributed by atoms with Gasteiger partial charge in [0.15, 0.2) is 0 Å². The molecule has 0 aromatic heterocycles. The summed E-state index contributed by atoms with van der Waals surface area (Å²) in [6.07, 6.45) is 0. The van der Waals surface area contributed by atoms with E-state index < -0.39 is 0 Å². The minimum absolute atomic E-state index is 0.0553. The number of hydrogen-bond acceptors (Lipinski definition) is 3. The summed E-state index contributed by atoms with van der Waals surface area (Å²) in [5.41, 5.74) is 8.46. The molecule has 4 nitrogen and oxygen atoms in total. The van der Waals surface area contributed by atoms with Gasteiger partial charge in [-0.15, -0.1) is 0 Å². The lowest BCUT2D eigenvalue weighted by Crippen LogP contribution is -2.11. The zero-order chi connectivity index (χ0) is 15.2. The van der Waals surface area contributed by atoms with Crippen LogP contribution >= 0.6 is 0 Å². The zero-order valence-corrected chi connectivity index (χ0v) is 12.3. The largest absolute Gasteiger partial charge is 0.490 e. The molecule has 0 radical (unpaired) electrons. The van der Waals surface area contributed by atoms with Gasteiger partial charge in [-0.2, -0.15) is 0 Å².